The van der Waals surface area contributed by atoms with Gasteiger partial charge in [0.25, 0.3) is 11.8 Å². The van der Waals surface area contributed by atoms with Crippen LogP contribution in [0.5, 0.6) is 17.4 Å². The molecule has 1 amide bonds. The van der Waals surface area contributed by atoms with Gasteiger partial charge in [0.2, 0.25) is 0 Å². The van der Waals surface area contributed by atoms with Crippen molar-refractivity contribution in [1.82, 2.24) is 9.97 Å². The van der Waals surface area contributed by atoms with Crippen molar-refractivity contribution in [2.75, 3.05) is 0 Å². The Hall–Kier alpha value is -3.36. The van der Waals surface area contributed by atoms with Gasteiger partial charge in [0, 0.05) is 0 Å². The molecule has 3 rings (SSSR count). The maximum atomic E-state index is 12.2. The molecule has 0 aliphatic heterocycles. The zero-order valence-corrected chi connectivity index (χ0v) is 12.4. The average molecular weight is 349 g/mol. The third-order valence-corrected chi connectivity index (χ3v) is 3.04. The molecule has 0 atom stereocenters. The lowest BCUT2D eigenvalue weighted by molar-refractivity contribution is -0.274. The second-order valence-electron chi connectivity index (χ2n) is 4.85. The van der Waals surface area contributed by atoms with Crippen LogP contribution in [-0.2, 0) is 0 Å². The molecular formula is C16H10F3N3O3. The molecule has 1 heterocycles. The number of ether oxygens (including phenoxy) is 2. The van der Waals surface area contributed by atoms with Crippen LogP contribution in [0, 0.1) is 0 Å². The Morgan fingerprint density at radius 2 is 1.48 bits per heavy atom. The molecule has 3 aromatic rings. The maximum Gasteiger partial charge on any atom is 0.573 e. The summed E-state index contributed by atoms with van der Waals surface area (Å²) in [6.07, 6.45) is -4.79. The largest absolute Gasteiger partial charge is 0.573 e. The van der Waals surface area contributed by atoms with Gasteiger partial charge in [-0.1, -0.05) is 12.1 Å². The summed E-state index contributed by atoms with van der Waals surface area (Å²) >= 11 is 0. The summed E-state index contributed by atoms with van der Waals surface area (Å²) < 4.78 is 45.7. The highest BCUT2D eigenvalue weighted by Crippen LogP contribution is 2.28. The number of nitrogens with zero attached hydrogens (tertiary/aromatic N) is 2. The van der Waals surface area contributed by atoms with E-state index in [2.05, 4.69) is 14.7 Å². The van der Waals surface area contributed by atoms with Gasteiger partial charge < -0.3 is 15.2 Å². The fraction of sp³-hybridized carbons (Fsp3) is 0.0625. The molecule has 0 spiro atoms. The highest BCUT2D eigenvalue weighted by molar-refractivity contribution is 5.95. The van der Waals surface area contributed by atoms with E-state index in [4.69, 9.17) is 10.5 Å². The summed E-state index contributed by atoms with van der Waals surface area (Å²) in [6, 6.07) is 11.4. The highest BCUT2D eigenvalue weighted by Gasteiger charge is 2.31. The Balaban J connectivity index is 1.91. The van der Waals surface area contributed by atoms with Gasteiger partial charge in [-0.15, -0.1) is 13.2 Å². The van der Waals surface area contributed by atoms with Crippen LogP contribution in [0.2, 0.25) is 0 Å². The number of alkyl halides is 3. The van der Waals surface area contributed by atoms with Crippen molar-refractivity contribution >= 4 is 16.9 Å². The molecule has 25 heavy (non-hydrogen) atoms. The quantitative estimate of drug-likeness (QED) is 0.780. The van der Waals surface area contributed by atoms with E-state index in [1.807, 2.05) is 0 Å². The van der Waals surface area contributed by atoms with E-state index in [0.717, 1.165) is 12.1 Å². The first-order valence-electron chi connectivity index (χ1n) is 6.92. The molecule has 0 aliphatic rings. The number of benzene rings is 2. The molecule has 2 N–H and O–H groups in total. The number of amides is 1. The maximum absolute atomic E-state index is 12.2. The molecule has 128 valence electrons. The Morgan fingerprint density at radius 3 is 2.04 bits per heavy atom. The Kier molecular flexibility index (Phi) is 4.14. The first kappa shape index (κ1) is 16.5. The van der Waals surface area contributed by atoms with Crippen LogP contribution < -0.4 is 15.2 Å². The summed E-state index contributed by atoms with van der Waals surface area (Å²) in [6.45, 7) is 0. The molecule has 2 aromatic carbocycles. The standard InChI is InChI=1S/C16H10F3N3O3/c17-16(18,19)25-10-7-5-9(6-8-10)24-15-13(14(20)23)21-11-3-1-2-4-12(11)22-15/h1-8H,(H2,20,23). The van der Waals surface area contributed by atoms with Crippen LogP contribution in [0.1, 0.15) is 10.5 Å². The average Bonchev–Trinajstić information content (AvgIpc) is 2.54. The second kappa shape index (κ2) is 6.27. The summed E-state index contributed by atoms with van der Waals surface area (Å²) in [5.74, 6) is -1.25. The lowest BCUT2D eigenvalue weighted by Crippen LogP contribution is -2.17. The van der Waals surface area contributed by atoms with Gasteiger partial charge in [-0.05, 0) is 36.4 Å². The molecule has 0 radical (unpaired) electrons. The van der Waals surface area contributed by atoms with Gasteiger partial charge in [-0.3, -0.25) is 4.79 Å². The predicted octanol–water partition coefficient (Wildman–Crippen LogP) is 3.42. The summed E-state index contributed by atoms with van der Waals surface area (Å²) in [4.78, 5) is 19.8. The summed E-state index contributed by atoms with van der Waals surface area (Å²) in [5, 5.41) is 0. The number of primary amides is 1. The Morgan fingerprint density at radius 1 is 0.920 bits per heavy atom. The monoisotopic (exact) mass is 349 g/mol. The molecular weight excluding hydrogens is 339 g/mol. The molecule has 0 saturated heterocycles. The van der Waals surface area contributed by atoms with E-state index in [-0.39, 0.29) is 17.3 Å². The molecule has 0 unspecified atom stereocenters. The molecule has 1 aromatic heterocycles. The van der Waals surface area contributed by atoms with E-state index >= 15 is 0 Å². The van der Waals surface area contributed by atoms with Gasteiger partial charge in [-0.25, -0.2) is 9.97 Å². The van der Waals surface area contributed by atoms with Crippen LogP contribution in [0.3, 0.4) is 0 Å². The van der Waals surface area contributed by atoms with Gasteiger partial charge >= 0.3 is 6.36 Å². The van der Waals surface area contributed by atoms with E-state index < -0.39 is 18.0 Å². The van der Waals surface area contributed by atoms with Gasteiger partial charge in [0.05, 0.1) is 11.0 Å². The van der Waals surface area contributed by atoms with Crippen molar-refractivity contribution in [2.45, 2.75) is 6.36 Å². The highest BCUT2D eigenvalue weighted by atomic mass is 19.4. The second-order valence-corrected chi connectivity index (χ2v) is 4.85. The molecule has 0 bridgehead atoms. The van der Waals surface area contributed by atoms with Gasteiger partial charge in [0.15, 0.2) is 5.69 Å². The van der Waals surface area contributed by atoms with Crippen molar-refractivity contribution in [3.8, 4) is 17.4 Å². The van der Waals surface area contributed by atoms with E-state index in [1.165, 1.54) is 12.1 Å². The molecule has 0 fully saturated rings. The number of fused-ring (bicyclic) bond motifs is 1. The zero-order valence-electron chi connectivity index (χ0n) is 12.4. The van der Waals surface area contributed by atoms with Crippen molar-refractivity contribution < 1.29 is 27.4 Å². The Bertz CT molecular complexity index is 927. The minimum atomic E-state index is -4.79. The fourth-order valence-corrected chi connectivity index (χ4v) is 2.04. The summed E-state index contributed by atoms with van der Waals surface area (Å²) in [7, 11) is 0. The van der Waals surface area contributed by atoms with Crippen molar-refractivity contribution in [3.63, 3.8) is 0 Å². The molecule has 0 saturated carbocycles. The SMILES string of the molecule is NC(=O)c1nc2ccccc2nc1Oc1ccc(OC(F)(F)F)cc1. The van der Waals surface area contributed by atoms with Crippen LogP contribution in [0.4, 0.5) is 13.2 Å². The Labute approximate surface area is 139 Å². The van der Waals surface area contributed by atoms with Gasteiger partial charge in [-0.2, -0.15) is 0 Å². The number of aromatic nitrogens is 2. The minimum absolute atomic E-state index is 0.140. The molecule has 9 heteroatoms. The minimum Gasteiger partial charge on any atom is -0.437 e. The lowest BCUT2D eigenvalue weighted by Gasteiger charge is -2.11. The van der Waals surface area contributed by atoms with Crippen molar-refractivity contribution in [3.05, 3.63) is 54.2 Å². The number of halogens is 3. The van der Waals surface area contributed by atoms with Crippen molar-refractivity contribution in [2.24, 2.45) is 5.73 Å². The number of para-hydroxylation sites is 2. The third-order valence-electron chi connectivity index (χ3n) is 3.04. The van der Waals surface area contributed by atoms with Crippen LogP contribution >= 0.6 is 0 Å². The lowest BCUT2D eigenvalue weighted by atomic mass is 10.3. The van der Waals surface area contributed by atoms with Crippen LogP contribution in [0.15, 0.2) is 48.5 Å². The third kappa shape index (κ3) is 3.94. The van der Waals surface area contributed by atoms with Crippen molar-refractivity contribution in [1.29, 1.82) is 0 Å². The topological polar surface area (TPSA) is 87.3 Å². The van der Waals surface area contributed by atoms with E-state index in [9.17, 15) is 18.0 Å². The molecule has 0 aliphatic carbocycles. The number of hydrogen-bond acceptors (Lipinski definition) is 5. The normalized spacial score (nSPS) is 11.3. The smallest absolute Gasteiger partial charge is 0.437 e. The zero-order chi connectivity index (χ0) is 18.0. The van der Waals surface area contributed by atoms with E-state index in [1.54, 1.807) is 24.3 Å². The number of carbonyl (C=O) groups excluding carboxylic acids is 1. The first-order valence-corrected chi connectivity index (χ1v) is 6.92. The van der Waals surface area contributed by atoms with Gasteiger partial charge in [0.1, 0.15) is 11.5 Å². The molecule has 6 nitrogen and oxygen atoms in total. The number of rotatable bonds is 4. The fourth-order valence-electron chi connectivity index (χ4n) is 2.04. The predicted molar refractivity (Wildman–Crippen MR) is 81.3 cm³/mol. The number of hydrogen-bond donors (Lipinski definition) is 1. The van der Waals surface area contributed by atoms with Crippen LogP contribution in [0.25, 0.3) is 11.0 Å². The number of carbonyl (C=O) groups is 1. The van der Waals surface area contributed by atoms with E-state index in [0.29, 0.717) is 11.0 Å². The van der Waals surface area contributed by atoms with Crippen LogP contribution in [-0.4, -0.2) is 22.2 Å². The number of nitrogens with two attached hydrogens (primary N) is 1. The summed E-state index contributed by atoms with van der Waals surface area (Å²) in [5.41, 5.74) is 6.03. The first-order chi connectivity index (χ1) is 11.8.